The molecule has 1 aliphatic heterocycles. The van der Waals surface area contributed by atoms with Gasteiger partial charge in [0.05, 0.1) is 24.3 Å². The van der Waals surface area contributed by atoms with Gasteiger partial charge in [-0.1, -0.05) is 12.1 Å². The largest absolute Gasteiger partial charge is 0.495 e. The number of hydrogen-bond donors (Lipinski definition) is 2. The molecule has 0 aliphatic carbocycles. The van der Waals surface area contributed by atoms with Crippen LogP contribution in [0.15, 0.2) is 33.9 Å². The van der Waals surface area contributed by atoms with E-state index in [4.69, 9.17) is 4.74 Å². The lowest BCUT2D eigenvalue weighted by Crippen LogP contribution is -2.39. The van der Waals surface area contributed by atoms with Crippen LogP contribution in [-0.4, -0.2) is 28.1 Å². The van der Waals surface area contributed by atoms with E-state index in [0.29, 0.717) is 11.4 Å². The van der Waals surface area contributed by atoms with Crippen LogP contribution < -0.4 is 26.6 Å². The Bertz CT molecular complexity index is 1020. The zero-order valence-corrected chi connectivity index (χ0v) is 14.5. The molecule has 0 unspecified atom stereocenters. The van der Waals surface area contributed by atoms with Crippen molar-refractivity contribution in [3.05, 3.63) is 50.7 Å². The van der Waals surface area contributed by atoms with Gasteiger partial charge >= 0.3 is 5.69 Å². The fourth-order valence-corrected chi connectivity index (χ4v) is 3.00. The maximum atomic E-state index is 12.4. The lowest BCUT2D eigenvalue weighted by molar-refractivity contribution is -0.122. The molecule has 1 aliphatic rings. The number of para-hydroxylation sites is 2. The highest BCUT2D eigenvalue weighted by molar-refractivity contribution is 6.05. The Morgan fingerprint density at radius 3 is 2.58 bits per heavy atom. The van der Waals surface area contributed by atoms with Crippen LogP contribution in [0.4, 0.5) is 11.5 Å². The molecule has 3 rings (SSSR count). The van der Waals surface area contributed by atoms with E-state index >= 15 is 0 Å². The van der Waals surface area contributed by atoms with Crippen molar-refractivity contribution in [2.45, 2.75) is 12.3 Å². The number of anilines is 2. The van der Waals surface area contributed by atoms with Gasteiger partial charge in [0, 0.05) is 20.5 Å². The highest BCUT2D eigenvalue weighted by Gasteiger charge is 2.37. The third-order valence-corrected chi connectivity index (χ3v) is 4.38. The number of fused-ring (bicyclic) bond motifs is 1. The Kier molecular flexibility index (Phi) is 4.37. The summed E-state index contributed by atoms with van der Waals surface area (Å²) < 4.78 is 7.28. The van der Waals surface area contributed by atoms with Crippen LogP contribution in [0.25, 0.3) is 0 Å². The van der Waals surface area contributed by atoms with Crippen molar-refractivity contribution < 1.29 is 14.3 Å². The highest BCUT2D eigenvalue weighted by atomic mass is 16.5. The van der Waals surface area contributed by atoms with Crippen LogP contribution in [0, 0.1) is 0 Å². The maximum Gasteiger partial charge on any atom is 0.332 e. The van der Waals surface area contributed by atoms with E-state index in [1.165, 1.54) is 25.8 Å². The fourth-order valence-electron chi connectivity index (χ4n) is 3.00. The third kappa shape index (κ3) is 2.77. The summed E-state index contributed by atoms with van der Waals surface area (Å²) in [6.45, 7) is 0. The smallest absolute Gasteiger partial charge is 0.332 e. The predicted octanol–water partition coefficient (Wildman–Crippen LogP) is 0.157. The molecule has 2 N–H and O–H groups in total. The predicted molar refractivity (Wildman–Crippen MR) is 94.5 cm³/mol. The lowest BCUT2D eigenvalue weighted by atomic mass is 9.99. The number of ether oxygens (including phenoxy) is 1. The van der Waals surface area contributed by atoms with Gasteiger partial charge in [-0.25, -0.2) is 4.79 Å². The van der Waals surface area contributed by atoms with E-state index in [0.717, 1.165) is 4.57 Å². The summed E-state index contributed by atoms with van der Waals surface area (Å²) >= 11 is 0. The van der Waals surface area contributed by atoms with Crippen molar-refractivity contribution >= 4 is 23.3 Å². The van der Waals surface area contributed by atoms with Crippen molar-refractivity contribution in [1.29, 1.82) is 0 Å². The monoisotopic (exact) mass is 358 g/mol. The molecule has 2 heterocycles. The fraction of sp³-hybridized carbons (Fsp3) is 0.294. The quantitative estimate of drug-likeness (QED) is 0.809. The molecule has 1 aromatic heterocycles. The second kappa shape index (κ2) is 6.51. The molecule has 0 radical (unpaired) electrons. The summed E-state index contributed by atoms with van der Waals surface area (Å²) in [6.07, 6.45) is -0.232. The topological polar surface area (TPSA) is 111 Å². The molecule has 136 valence electrons. The van der Waals surface area contributed by atoms with Crippen LogP contribution in [-0.2, 0) is 23.7 Å². The van der Waals surface area contributed by atoms with Gasteiger partial charge in [-0.05, 0) is 12.1 Å². The summed E-state index contributed by atoms with van der Waals surface area (Å²) in [5, 5.41) is 5.20. The molecule has 26 heavy (non-hydrogen) atoms. The Morgan fingerprint density at radius 1 is 1.19 bits per heavy atom. The number of hydrogen-bond acceptors (Lipinski definition) is 5. The number of nitrogens with zero attached hydrogens (tertiary/aromatic N) is 2. The van der Waals surface area contributed by atoms with Gasteiger partial charge in [0.2, 0.25) is 11.8 Å². The van der Waals surface area contributed by atoms with Gasteiger partial charge in [-0.2, -0.15) is 0 Å². The lowest BCUT2D eigenvalue weighted by Gasteiger charge is -2.12. The van der Waals surface area contributed by atoms with E-state index < -0.39 is 29.0 Å². The Morgan fingerprint density at radius 2 is 1.88 bits per heavy atom. The number of methoxy groups -OCH3 is 1. The van der Waals surface area contributed by atoms with Crippen molar-refractivity contribution in [3.63, 3.8) is 0 Å². The van der Waals surface area contributed by atoms with E-state index in [9.17, 15) is 19.2 Å². The normalized spacial score (nSPS) is 15.3. The number of carbonyl (C=O) groups excluding carboxylic acids is 2. The second-order valence-corrected chi connectivity index (χ2v) is 5.96. The second-order valence-electron chi connectivity index (χ2n) is 5.96. The van der Waals surface area contributed by atoms with E-state index in [-0.39, 0.29) is 17.8 Å². The average Bonchev–Trinajstić information content (AvgIpc) is 2.95. The minimum atomic E-state index is -0.967. The van der Waals surface area contributed by atoms with Gasteiger partial charge in [0.1, 0.15) is 11.6 Å². The van der Waals surface area contributed by atoms with Crippen molar-refractivity contribution in [2.24, 2.45) is 14.1 Å². The Balaban J connectivity index is 1.91. The first-order valence-electron chi connectivity index (χ1n) is 7.88. The summed E-state index contributed by atoms with van der Waals surface area (Å²) in [6, 6.07) is 6.86. The summed E-state index contributed by atoms with van der Waals surface area (Å²) in [5.41, 5.74) is -0.550. The molecule has 9 nitrogen and oxygen atoms in total. The molecule has 2 aromatic rings. The molecule has 0 spiro atoms. The van der Waals surface area contributed by atoms with Gasteiger partial charge in [0.25, 0.3) is 5.56 Å². The van der Waals surface area contributed by atoms with Gasteiger partial charge in [-0.15, -0.1) is 0 Å². The van der Waals surface area contributed by atoms with Crippen molar-refractivity contribution in [2.75, 3.05) is 17.7 Å². The molecule has 1 atom stereocenters. The number of rotatable bonds is 4. The molecule has 0 bridgehead atoms. The molecule has 9 heteroatoms. The first-order valence-corrected chi connectivity index (χ1v) is 7.88. The molecule has 2 amide bonds. The third-order valence-electron chi connectivity index (χ3n) is 4.38. The van der Waals surface area contributed by atoms with E-state index in [2.05, 4.69) is 10.6 Å². The average molecular weight is 358 g/mol. The summed E-state index contributed by atoms with van der Waals surface area (Å²) in [5.74, 6) is -1.29. The number of amides is 2. The van der Waals surface area contributed by atoms with Gasteiger partial charge < -0.3 is 15.4 Å². The first kappa shape index (κ1) is 17.5. The highest BCUT2D eigenvalue weighted by Crippen LogP contribution is 2.31. The van der Waals surface area contributed by atoms with Crippen LogP contribution in [0.1, 0.15) is 17.9 Å². The molecular formula is C17H18N4O5. The standard InChI is InChI=1S/C17H18N4O5/c1-20-14-13(16(24)21(2)17(20)25)9(15(23)19-14)8-12(22)18-10-6-4-5-7-11(10)26-3/h4-7,9H,8H2,1-3H3,(H,18,22)(H,19,23)/t9-/m0/s1. The molecule has 0 saturated heterocycles. The molecule has 0 saturated carbocycles. The Hall–Kier alpha value is -3.36. The zero-order chi connectivity index (χ0) is 19.0. The van der Waals surface area contributed by atoms with Crippen LogP contribution in [0.5, 0.6) is 5.75 Å². The number of aromatic nitrogens is 2. The van der Waals surface area contributed by atoms with Crippen LogP contribution in [0.3, 0.4) is 0 Å². The zero-order valence-electron chi connectivity index (χ0n) is 14.5. The van der Waals surface area contributed by atoms with Crippen molar-refractivity contribution in [3.8, 4) is 5.75 Å². The Labute approximate surface area is 148 Å². The summed E-state index contributed by atoms with van der Waals surface area (Å²) in [7, 11) is 4.27. The number of nitrogens with one attached hydrogen (secondary N) is 2. The van der Waals surface area contributed by atoms with Crippen LogP contribution in [0.2, 0.25) is 0 Å². The van der Waals surface area contributed by atoms with Gasteiger partial charge in [-0.3, -0.25) is 23.5 Å². The molecular weight excluding hydrogens is 340 g/mol. The first-order chi connectivity index (χ1) is 12.3. The van der Waals surface area contributed by atoms with E-state index in [1.54, 1.807) is 24.3 Å². The maximum absolute atomic E-state index is 12.4. The SMILES string of the molecule is COc1ccccc1NC(=O)C[C@@H]1C(=O)Nc2c1c(=O)n(C)c(=O)n2C. The van der Waals surface area contributed by atoms with E-state index in [1.807, 2.05) is 0 Å². The number of benzene rings is 1. The minimum Gasteiger partial charge on any atom is -0.495 e. The molecule has 0 fully saturated rings. The van der Waals surface area contributed by atoms with Crippen LogP contribution >= 0.6 is 0 Å². The summed E-state index contributed by atoms with van der Waals surface area (Å²) in [4.78, 5) is 49.1. The van der Waals surface area contributed by atoms with Gasteiger partial charge in [0.15, 0.2) is 0 Å². The molecule has 1 aromatic carbocycles. The number of carbonyl (C=O) groups is 2. The minimum absolute atomic E-state index is 0.120. The van der Waals surface area contributed by atoms with Crippen molar-refractivity contribution in [1.82, 2.24) is 9.13 Å².